The van der Waals surface area contributed by atoms with Gasteiger partial charge in [-0.2, -0.15) is 0 Å². The zero-order valence-corrected chi connectivity index (χ0v) is 9.34. The van der Waals surface area contributed by atoms with Crippen LogP contribution in [0.25, 0.3) is 10.8 Å². The van der Waals surface area contributed by atoms with Crippen molar-refractivity contribution in [1.29, 1.82) is 0 Å². The lowest BCUT2D eigenvalue weighted by molar-refractivity contribution is 0.406. The molecule has 0 fully saturated rings. The second kappa shape index (κ2) is 6.23. The van der Waals surface area contributed by atoms with Crippen LogP contribution in [-0.2, 0) is 4.74 Å². The first kappa shape index (κ1) is 12.6. The number of hydrogen-bond acceptors (Lipinski definition) is 3. The number of benzene rings is 2. The van der Waals surface area contributed by atoms with E-state index in [-0.39, 0.29) is 11.5 Å². The van der Waals surface area contributed by atoms with Gasteiger partial charge >= 0.3 is 0 Å². The third kappa shape index (κ3) is 3.91. The van der Waals surface area contributed by atoms with Gasteiger partial charge in [-0.25, -0.2) is 0 Å². The van der Waals surface area contributed by atoms with Crippen molar-refractivity contribution in [1.82, 2.24) is 0 Å². The number of fused-ring (bicyclic) bond motifs is 1. The average molecular weight is 230 g/mol. The van der Waals surface area contributed by atoms with Crippen LogP contribution in [0, 0.1) is 0 Å². The summed E-state index contributed by atoms with van der Waals surface area (Å²) in [5, 5.41) is 20.1. The number of rotatable bonds is 2. The standard InChI is InChI=1S/C10H8O2.C4H6O/c11-9-3-1-7-5-10(12)4-2-8(7)6-9;1-3-5-4-2/h1-6,11-12H;3-4H,1-2H2. The highest BCUT2D eigenvalue weighted by molar-refractivity contribution is 5.84. The Bertz CT molecular complexity index is 471. The maximum Gasteiger partial charge on any atom is 0.116 e. The van der Waals surface area contributed by atoms with E-state index in [1.807, 2.05) is 0 Å². The van der Waals surface area contributed by atoms with E-state index in [9.17, 15) is 0 Å². The fraction of sp³-hybridized carbons (Fsp3) is 0. The van der Waals surface area contributed by atoms with E-state index in [0.29, 0.717) is 0 Å². The summed E-state index contributed by atoms with van der Waals surface area (Å²) in [7, 11) is 0. The highest BCUT2D eigenvalue weighted by Gasteiger charge is 1.95. The molecule has 2 rings (SSSR count). The van der Waals surface area contributed by atoms with Crippen LogP contribution < -0.4 is 0 Å². The molecule has 2 N–H and O–H groups in total. The first-order valence-electron chi connectivity index (χ1n) is 4.96. The van der Waals surface area contributed by atoms with E-state index < -0.39 is 0 Å². The molecule has 2 aromatic rings. The molecule has 0 saturated heterocycles. The number of hydrogen-bond donors (Lipinski definition) is 2. The Morgan fingerprint density at radius 2 is 1.24 bits per heavy atom. The van der Waals surface area contributed by atoms with Crippen LogP contribution >= 0.6 is 0 Å². The van der Waals surface area contributed by atoms with Gasteiger partial charge in [-0.05, 0) is 35.0 Å². The summed E-state index contributed by atoms with van der Waals surface area (Å²) in [4.78, 5) is 0. The van der Waals surface area contributed by atoms with Crippen molar-refractivity contribution in [3.63, 3.8) is 0 Å². The molecule has 0 unspecified atom stereocenters. The zero-order chi connectivity index (χ0) is 12.7. The van der Waals surface area contributed by atoms with Gasteiger partial charge in [0.25, 0.3) is 0 Å². The molecule has 0 spiro atoms. The maximum atomic E-state index is 9.14. The predicted octanol–water partition coefficient (Wildman–Crippen LogP) is 3.54. The van der Waals surface area contributed by atoms with Crippen LogP contribution in [-0.4, -0.2) is 10.2 Å². The lowest BCUT2D eigenvalue weighted by Gasteiger charge is -1.98. The topological polar surface area (TPSA) is 49.7 Å². The SMILES string of the molecule is C=COC=C.Oc1ccc2cc(O)ccc2c1. The van der Waals surface area contributed by atoms with E-state index >= 15 is 0 Å². The van der Waals surface area contributed by atoms with Crippen LogP contribution in [0.2, 0.25) is 0 Å². The van der Waals surface area contributed by atoms with Gasteiger partial charge in [0.1, 0.15) is 11.5 Å². The molecule has 0 bridgehead atoms. The van der Waals surface area contributed by atoms with Crippen LogP contribution in [0.4, 0.5) is 0 Å². The minimum atomic E-state index is 0.244. The van der Waals surface area contributed by atoms with E-state index in [1.165, 1.54) is 12.5 Å². The van der Waals surface area contributed by atoms with Crippen molar-refractivity contribution in [2.24, 2.45) is 0 Å². The lowest BCUT2D eigenvalue weighted by Crippen LogP contribution is -1.71. The molecule has 0 atom stereocenters. The molecular formula is C14H14O3. The fourth-order valence-corrected chi connectivity index (χ4v) is 1.29. The summed E-state index contributed by atoms with van der Waals surface area (Å²) in [6.45, 7) is 6.51. The van der Waals surface area contributed by atoms with Crippen molar-refractivity contribution >= 4 is 10.8 Å². The van der Waals surface area contributed by atoms with Gasteiger partial charge in [0, 0.05) is 0 Å². The van der Waals surface area contributed by atoms with Crippen molar-refractivity contribution < 1.29 is 14.9 Å². The van der Waals surface area contributed by atoms with Crippen molar-refractivity contribution in [2.45, 2.75) is 0 Å². The van der Waals surface area contributed by atoms with Gasteiger partial charge in [-0.1, -0.05) is 25.3 Å². The Kier molecular flexibility index (Phi) is 4.63. The van der Waals surface area contributed by atoms with E-state index in [1.54, 1.807) is 36.4 Å². The summed E-state index contributed by atoms with van der Waals surface area (Å²) >= 11 is 0. The minimum absolute atomic E-state index is 0.244. The molecule has 3 nitrogen and oxygen atoms in total. The van der Waals surface area contributed by atoms with Gasteiger partial charge in [0.2, 0.25) is 0 Å². The molecule has 0 saturated carbocycles. The van der Waals surface area contributed by atoms with Crippen molar-refractivity contribution in [3.05, 3.63) is 62.1 Å². The lowest BCUT2D eigenvalue weighted by atomic mass is 10.1. The average Bonchev–Trinajstić information content (AvgIpc) is 2.31. The smallest absolute Gasteiger partial charge is 0.116 e. The van der Waals surface area contributed by atoms with Gasteiger partial charge in [-0.15, -0.1) is 0 Å². The molecule has 0 aliphatic carbocycles. The van der Waals surface area contributed by atoms with Crippen LogP contribution in [0.5, 0.6) is 11.5 Å². The minimum Gasteiger partial charge on any atom is -0.508 e. The van der Waals surface area contributed by atoms with Gasteiger partial charge in [0.15, 0.2) is 0 Å². The van der Waals surface area contributed by atoms with E-state index in [0.717, 1.165) is 10.8 Å². The van der Waals surface area contributed by atoms with E-state index in [2.05, 4.69) is 17.9 Å². The molecule has 2 aromatic carbocycles. The molecule has 0 aliphatic heterocycles. The molecule has 0 amide bonds. The molecular weight excluding hydrogens is 216 g/mol. The molecule has 0 aromatic heterocycles. The van der Waals surface area contributed by atoms with Crippen molar-refractivity contribution in [3.8, 4) is 11.5 Å². The largest absolute Gasteiger partial charge is 0.508 e. The Morgan fingerprint density at radius 3 is 1.53 bits per heavy atom. The highest BCUT2D eigenvalue weighted by Crippen LogP contribution is 2.23. The first-order chi connectivity index (χ1) is 8.17. The second-order valence-electron chi connectivity index (χ2n) is 3.19. The van der Waals surface area contributed by atoms with Crippen LogP contribution in [0.15, 0.2) is 62.1 Å². The third-order valence-electron chi connectivity index (χ3n) is 2.00. The summed E-state index contributed by atoms with van der Waals surface area (Å²) < 4.78 is 4.36. The second-order valence-corrected chi connectivity index (χ2v) is 3.19. The fourth-order valence-electron chi connectivity index (χ4n) is 1.29. The first-order valence-corrected chi connectivity index (χ1v) is 4.96. The maximum absolute atomic E-state index is 9.14. The van der Waals surface area contributed by atoms with Crippen LogP contribution in [0.1, 0.15) is 0 Å². The third-order valence-corrected chi connectivity index (χ3v) is 2.00. The summed E-state index contributed by atoms with van der Waals surface area (Å²) in [5.41, 5.74) is 0. The number of phenols is 2. The molecule has 17 heavy (non-hydrogen) atoms. The molecule has 0 radical (unpaired) electrons. The van der Waals surface area contributed by atoms with Gasteiger partial charge in [0.05, 0.1) is 12.5 Å². The Labute approximate surface area is 99.9 Å². The van der Waals surface area contributed by atoms with Crippen molar-refractivity contribution in [2.75, 3.05) is 0 Å². The molecule has 3 heteroatoms. The summed E-state index contributed by atoms with van der Waals surface area (Å²) in [5.74, 6) is 0.487. The number of phenolic OH excluding ortho intramolecular Hbond substituents is 2. The van der Waals surface area contributed by atoms with E-state index in [4.69, 9.17) is 10.2 Å². The quantitative estimate of drug-likeness (QED) is 0.776. The molecule has 88 valence electrons. The van der Waals surface area contributed by atoms with Gasteiger partial charge in [-0.3, -0.25) is 0 Å². The van der Waals surface area contributed by atoms with Gasteiger partial charge < -0.3 is 14.9 Å². The normalized spacial score (nSPS) is 8.94. The zero-order valence-electron chi connectivity index (χ0n) is 9.34. The molecule has 0 heterocycles. The number of aromatic hydroxyl groups is 2. The highest BCUT2D eigenvalue weighted by atomic mass is 16.5. The Hall–Kier alpha value is -2.42. The van der Waals surface area contributed by atoms with Crippen LogP contribution in [0.3, 0.4) is 0 Å². The monoisotopic (exact) mass is 230 g/mol. The predicted molar refractivity (Wildman–Crippen MR) is 68.8 cm³/mol. The molecule has 0 aliphatic rings. The summed E-state index contributed by atoms with van der Waals surface area (Å²) in [6.07, 6.45) is 2.62. The Morgan fingerprint density at radius 1 is 0.824 bits per heavy atom. The Balaban J connectivity index is 0.000000249. The number of ether oxygens (including phenoxy) is 1. The summed E-state index contributed by atoms with van der Waals surface area (Å²) in [6, 6.07) is 10.1.